The van der Waals surface area contributed by atoms with Crippen LogP contribution in [-0.2, 0) is 0 Å². The van der Waals surface area contributed by atoms with Crippen LogP contribution in [0.4, 0.5) is 11.4 Å². The zero-order chi connectivity index (χ0) is 36.3. The van der Waals surface area contributed by atoms with E-state index < -0.39 is 0 Å². The first-order chi connectivity index (χ1) is 27.2. The molecule has 1 N–H and O–H groups in total. The molecule has 0 spiro atoms. The van der Waals surface area contributed by atoms with Gasteiger partial charge in [-0.05, 0) is 111 Å². The fourth-order valence-electron chi connectivity index (χ4n) is 8.25. The Hall–Kier alpha value is -7.36. The van der Waals surface area contributed by atoms with E-state index in [-0.39, 0.29) is 0 Å². The Bertz CT molecular complexity index is 3220. The number of furan rings is 1. The van der Waals surface area contributed by atoms with Gasteiger partial charge in [-0.2, -0.15) is 0 Å². The molecular weight excluding hydrogens is 669 g/mol. The van der Waals surface area contributed by atoms with Crippen molar-refractivity contribution < 1.29 is 4.42 Å². The molecule has 0 unspecified atom stereocenters. The van der Waals surface area contributed by atoms with Crippen LogP contribution in [0.5, 0.6) is 0 Å². The molecule has 0 saturated carbocycles. The number of anilines is 2. The Morgan fingerprint density at radius 2 is 1.02 bits per heavy atom. The van der Waals surface area contributed by atoms with Gasteiger partial charge in [0.25, 0.3) is 0 Å². The molecule has 11 rings (SSSR count). The Balaban J connectivity index is 1.04. The quantitative estimate of drug-likeness (QED) is 0.187. The number of benzene rings is 9. The highest BCUT2D eigenvalue weighted by Crippen LogP contribution is 2.40. The molecule has 0 saturated heterocycles. The molecule has 2 heterocycles. The Labute approximate surface area is 318 Å². The van der Waals surface area contributed by atoms with E-state index in [2.05, 4.69) is 198 Å². The molecule has 2 aromatic heterocycles. The molecule has 0 aliphatic heterocycles. The summed E-state index contributed by atoms with van der Waals surface area (Å²) < 4.78 is 8.75. The summed E-state index contributed by atoms with van der Waals surface area (Å²) in [4.78, 5) is 0. The number of nitrogens with one attached hydrogen (secondary N) is 1. The number of hydrogen-bond acceptors (Lipinski definition) is 2. The molecule has 0 aliphatic rings. The molecule has 0 amide bonds. The third-order valence-corrected chi connectivity index (χ3v) is 11.0. The summed E-state index contributed by atoms with van der Waals surface area (Å²) in [5.41, 5.74) is 14.3. The fraction of sp³-hybridized carbons (Fsp3) is 0. The van der Waals surface area contributed by atoms with Crippen LogP contribution in [0.15, 0.2) is 205 Å². The van der Waals surface area contributed by atoms with Gasteiger partial charge in [-0.15, -0.1) is 0 Å². The lowest BCUT2D eigenvalue weighted by Crippen LogP contribution is -1.95. The van der Waals surface area contributed by atoms with Gasteiger partial charge in [0.05, 0.1) is 11.0 Å². The minimum absolute atomic E-state index is 0.881. The third kappa shape index (κ3) is 5.36. The first-order valence-electron chi connectivity index (χ1n) is 18.7. The van der Waals surface area contributed by atoms with E-state index in [9.17, 15) is 0 Å². The molecule has 0 atom stereocenters. The third-order valence-electron chi connectivity index (χ3n) is 11.0. The van der Waals surface area contributed by atoms with Gasteiger partial charge in [-0.25, -0.2) is 0 Å². The number of hydrogen-bond donors (Lipinski definition) is 1. The molecule has 3 heteroatoms. The molecule has 11 aromatic rings. The second-order valence-electron chi connectivity index (χ2n) is 14.3. The van der Waals surface area contributed by atoms with Crippen molar-refractivity contribution in [1.29, 1.82) is 0 Å². The number of rotatable bonds is 6. The van der Waals surface area contributed by atoms with Gasteiger partial charge >= 0.3 is 0 Å². The molecule has 0 radical (unpaired) electrons. The Morgan fingerprint density at radius 1 is 0.364 bits per heavy atom. The average Bonchev–Trinajstić information content (AvgIpc) is 3.79. The summed E-state index contributed by atoms with van der Waals surface area (Å²) in [6, 6.07) is 71.7. The van der Waals surface area contributed by atoms with Crippen LogP contribution in [-0.4, -0.2) is 4.57 Å². The standard InChI is InChI=1S/C52H34N2O/c1-2-10-34(11-3-1)36-19-25-42(26-20-36)54-49-16-8-6-14-43(49)47-32-39(23-29-50(47)54)38-22-28-48(53-41-24-18-35-12-4-5-13-37(35)30-41)46(31-38)40-21-27-45-44-15-7-9-17-51(44)55-52(45)33-40/h1-33,53H. The molecule has 0 fully saturated rings. The van der Waals surface area contributed by atoms with Gasteiger partial charge in [0, 0.05) is 44.2 Å². The van der Waals surface area contributed by atoms with Gasteiger partial charge in [0.2, 0.25) is 0 Å². The van der Waals surface area contributed by atoms with Crippen molar-refractivity contribution >= 4 is 65.9 Å². The molecular formula is C52H34N2O. The highest BCUT2D eigenvalue weighted by molar-refractivity contribution is 6.11. The summed E-state index contributed by atoms with van der Waals surface area (Å²) in [7, 11) is 0. The molecule has 0 aliphatic carbocycles. The maximum atomic E-state index is 6.37. The van der Waals surface area contributed by atoms with E-state index >= 15 is 0 Å². The van der Waals surface area contributed by atoms with Crippen molar-refractivity contribution in [2.75, 3.05) is 5.32 Å². The number of aromatic nitrogens is 1. The first kappa shape index (κ1) is 31.2. The fourth-order valence-corrected chi connectivity index (χ4v) is 8.25. The van der Waals surface area contributed by atoms with Crippen molar-refractivity contribution in [3.05, 3.63) is 200 Å². The predicted molar refractivity (Wildman–Crippen MR) is 232 cm³/mol. The van der Waals surface area contributed by atoms with Crippen LogP contribution >= 0.6 is 0 Å². The zero-order valence-corrected chi connectivity index (χ0v) is 29.9. The summed E-state index contributed by atoms with van der Waals surface area (Å²) >= 11 is 0. The predicted octanol–water partition coefficient (Wildman–Crippen LogP) is 14.6. The van der Waals surface area contributed by atoms with Gasteiger partial charge < -0.3 is 14.3 Å². The van der Waals surface area contributed by atoms with E-state index in [1.165, 1.54) is 43.7 Å². The average molecular weight is 703 g/mol. The zero-order valence-electron chi connectivity index (χ0n) is 29.9. The molecule has 3 nitrogen and oxygen atoms in total. The van der Waals surface area contributed by atoms with E-state index in [0.29, 0.717) is 0 Å². The minimum atomic E-state index is 0.881. The minimum Gasteiger partial charge on any atom is -0.456 e. The summed E-state index contributed by atoms with van der Waals surface area (Å²) in [6.07, 6.45) is 0. The van der Waals surface area contributed by atoms with Crippen molar-refractivity contribution in [2.24, 2.45) is 0 Å². The van der Waals surface area contributed by atoms with Crippen LogP contribution in [0.25, 0.3) is 93.6 Å². The van der Waals surface area contributed by atoms with Crippen LogP contribution in [0, 0.1) is 0 Å². The van der Waals surface area contributed by atoms with Crippen LogP contribution in [0.3, 0.4) is 0 Å². The van der Waals surface area contributed by atoms with Gasteiger partial charge in [-0.3, -0.25) is 0 Å². The molecule has 0 bridgehead atoms. The highest BCUT2D eigenvalue weighted by Gasteiger charge is 2.16. The lowest BCUT2D eigenvalue weighted by atomic mass is 9.95. The monoisotopic (exact) mass is 702 g/mol. The number of nitrogens with zero attached hydrogens (tertiary/aromatic N) is 1. The van der Waals surface area contributed by atoms with Crippen LogP contribution < -0.4 is 5.32 Å². The van der Waals surface area contributed by atoms with Gasteiger partial charge in [-0.1, -0.05) is 127 Å². The van der Waals surface area contributed by atoms with Crippen molar-refractivity contribution in [3.8, 4) is 39.1 Å². The van der Waals surface area contributed by atoms with E-state index in [1.807, 2.05) is 12.1 Å². The smallest absolute Gasteiger partial charge is 0.136 e. The first-order valence-corrected chi connectivity index (χ1v) is 18.7. The Kier molecular flexibility index (Phi) is 7.17. The number of para-hydroxylation sites is 2. The molecule has 258 valence electrons. The summed E-state index contributed by atoms with van der Waals surface area (Å²) in [5, 5.41) is 10.9. The van der Waals surface area contributed by atoms with Gasteiger partial charge in [0.15, 0.2) is 0 Å². The lowest BCUT2D eigenvalue weighted by Gasteiger charge is -2.16. The maximum absolute atomic E-state index is 6.37. The van der Waals surface area contributed by atoms with Crippen molar-refractivity contribution in [2.45, 2.75) is 0 Å². The second-order valence-corrected chi connectivity index (χ2v) is 14.3. The Morgan fingerprint density at radius 3 is 1.91 bits per heavy atom. The van der Waals surface area contributed by atoms with Crippen LogP contribution in [0.1, 0.15) is 0 Å². The van der Waals surface area contributed by atoms with Crippen molar-refractivity contribution in [1.82, 2.24) is 4.57 Å². The van der Waals surface area contributed by atoms with Crippen molar-refractivity contribution in [3.63, 3.8) is 0 Å². The van der Waals surface area contributed by atoms with E-state index in [0.717, 1.165) is 61.3 Å². The lowest BCUT2D eigenvalue weighted by molar-refractivity contribution is 0.669. The largest absolute Gasteiger partial charge is 0.456 e. The maximum Gasteiger partial charge on any atom is 0.136 e. The normalized spacial score (nSPS) is 11.6. The van der Waals surface area contributed by atoms with E-state index in [4.69, 9.17) is 4.42 Å². The SMILES string of the molecule is c1ccc(-c2ccc(-n3c4ccccc4c4cc(-c5ccc(Nc6ccc7ccccc7c6)c(-c6ccc7c(c6)oc6ccccc67)c5)ccc43)cc2)cc1. The topological polar surface area (TPSA) is 30.1 Å². The molecule has 55 heavy (non-hydrogen) atoms. The molecule has 9 aromatic carbocycles. The second kappa shape index (κ2) is 12.6. The summed E-state index contributed by atoms with van der Waals surface area (Å²) in [6.45, 7) is 0. The number of fused-ring (bicyclic) bond motifs is 7. The summed E-state index contributed by atoms with van der Waals surface area (Å²) in [5.74, 6) is 0. The van der Waals surface area contributed by atoms with E-state index in [1.54, 1.807) is 0 Å². The van der Waals surface area contributed by atoms with Crippen LogP contribution in [0.2, 0.25) is 0 Å². The van der Waals surface area contributed by atoms with Gasteiger partial charge in [0.1, 0.15) is 11.2 Å². The highest BCUT2D eigenvalue weighted by atomic mass is 16.3.